The van der Waals surface area contributed by atoms with Gasteiger partial charge in [0.25, 0.3) is 0 Å². The first-order chi connectivity index (χ1) is 16.8. The van der Waals surface area contributed by atoms with Crippen LogP contribution in [0.5, 0.6) is 0 Å². The monoisotopic (exact) mass is 475 g/mol. The van der Waals surface area contributed by atoms with E-state index in [9.17, 15) is 5.53 Å². The lowest BCUT2D eigenvalue weighted by Gasteiger charge is -2.48. The van der Waals surface area contributed by atoms with Crippen LogP contribution >= 0.6 is 11.8 Å². The summed E-state index contributed by atoms with van der Waals surface area (Å²) in [6, 6.07) is 29.0. The normalized spacial score (nSPS) is 28.5. The first-order valence-corrected chi connectivity index (χ1v) is 12.1. The van der Waals surface area contributed by atoms with Gasteiger partial charge in [-0.3, -0.25) is 0 Å². The van der Waals surface area contributed by atoms with Gasteiger partial charge in [0, 0.05) is 15.4 Å². The molecule has 3 unspecified atom stereocenters. The van der Waals surface area contributed by atoms with Gasteiger partial charge >= 0.3 is 0 Å². The van der Waals surface area contributed by atoms with Gasteiger partial charge in [-0.1, -0.05) is 95.7 Å². The van der Waals surface area contributed by atoms with Gasteiger partial charge in [-0.05, 0) is 23.2 Å². The maximum absolute atomic E-state index is 9.40. The fraction of sp³-hybridized carbons (Fsp3) is 0.308. The molecule has 34 heavy (non-hydrogen) atoms. The molecule has 3 aromatic rings. The molecule has 7 nitrogen and oxygen atoms in total. The van der Waals surface area contributed by atoms with E-state index in [1.165, 1.54) is 11.8 Å². The summed E-state index contributed by atoms with van der Waals surface area (Å²) in [5.41, 5.74) is 10.9. The Morgan fingerprint density at radius 3 is 2.29 bits per heavy atom. The number of ether oxygens (including phenoxy) is 4. The number of hydrogen-bond acceptors (Lipinski definition) is 6. The third-order valence-electron chi connectivity index (χ3n) is 5.84. The molecule has 3 aromatic carbocycles. The van der Waals surface area contributed by atoms with E-state index in [1.54, 1.807) is 0 Å². The van der Waals surface area contributed by atoms with E-state index in [0.717, 1.165) is 16.0 Å². The minimum Gasteiger partial charge on any atom is -0.370 e. The fourth-order valence-electron chi connectivity index (χ4n) is 4.21. The van der Waals surface area contributed by atoms with Crippen molar-refractivity contribution in [1.82, 2.24) is 0 Å². The second-order valence-corrected chi connectivity index (χ2v) is 9.28. The lowest BCUT2D eigenvalue weighted by Crippen LogP contribution is -2.61. The Morgan fingerprint density at radius 1 is 0.912 bits per heavy atom. The number of fused-ring (bicyclic) bond motifs is 1. The summed E-state index contributed by atoms with van der Waals surface area (Å²) in [6.45, 7) is 0.722. The van der Waals surface area contributed by atoms with Gasteiger partial charge in [0.15, 0.2) is 6.29 Å². The lowest BCUT2D eigenvalue weighted by molar-refractivity contribution is -0.311. The number of rotatable bonds is 7. The van der Waals surface area contributed by atoms with Crippen molar-refractivity contribution in [3.05, 3.63) is 113 Å². The van der Waals surface area contributed by atoms with E-state index < -0.39 is 30.0 Å². The average molecular weight is 476 g/mol. The van der Waals surface area contributed by atoms with Gasteiger partial charge in [-0.15, -0.1) is 0 Å². The molecular weight excluding hydrogens is 450 g/mol. The van der Waals surface area contributed by atoms with Crippen molar-refractivity contribution in [3.8, 4) is 0 Å². The number of nitrogens with zero attached hydrogens (tertiary/aromatic N) is 3. The molecule has 6 atom stereocenters. The first kappa shape index (κ1) is 22.9. The first-order valence-electron chi connectivity index (χ1n) is 11.2. The summed E-state index contributed by atoms with van der Waals surface area (Å²) in [6.07, 6.45) is -1.86. The molecule has 0 N–H and O–H groups in total. The average Bonchev–Trinajstić information content (AvgIpc) is 2.90. The molecule has 0 radical (unpaired) electrons. The van der Waals surface area contributed by atoms with Crippen molar-refractivity contribution in [3.63, 3.8) is 0 Å². The molecule has 0 spiro atoms. The topological polar surface area (TPSA) is 85.7 Å². The predicted molar refractivity (Wildman–Crippen MR) is 129 cm³/mol. The highest BCUT2D eigenvalue weighted by atomic mass is 32.2. The highest BCUT2D eigenvalue weighted by molar-refractivity contribution is 7.99. The zero-order valence-electron chi connectivity index (χ0n) is 18.4. The Balaban J connectivity index is 1.43. The maximum Gasteiger partial charge on any atom is 0.184 e. The SMILES string of the molecule is [N-]=[N+]=NC1[C@@H](OCc2ccccc2)[C@H]2OC(c3ccccc3)OCC2O[C@H]1Sc1ccccc1. The molecule has 2 aliphatic heterocycles. The summed E-state index contributed by atoms with van der Waals surface area (Å²) >= 11 is 1.51. The Hall–Kier alpha value is -2.84. The van der Waals surface area contributed by atoms with Gasteiger partial charge in [-0.2, -0.15) is 0 Å². The van der Waals surface area contributed by atoms with Crippen LogP contribution in [-0.2, 0) is 25.6 Å². The Morgan fingerprint density at radius 2 is 1.59 bits per heavy atom. The van der Waals surface area contributed by atoms with Crippen molar-refractivity contribution in [2.24, 2.45) is 5.11 Å². The number of azide groups is 1. The molecule has 2 saturated heterocycles. The van der Waals surface area contributed by atoms with Crippen LogP contribution in [0.15, 0.2) is 101 Å². The Kier molecular flexibility index (Phi) is 7.46. The Bertz CT molecular complexity index is 1100. The van der Waals surface area contributed by atoms with Crippen molar-refractivity contribution < 1.29 is 18.9 Å². The molecule has 0 saturated carbocycles. The summed E-state index contributed by atoms with van der Waals surface area (Å²) in [5, 5.41) is 4.13. The smallest absolute Gasteiger partial charge is 0.184 e. The molecule has 2 heterocycles. The fourth-order valence-corrected chi connectivity index (χ4v) is 5.34. The third-order valence-corrected chi connectivity index (χ3v) is 7.01. The summed E-state index contributed by atoms with van der Waals surface area (Å²) in [5.74, 6) is 0. The van der Waals surface area contributed by atoms with Crippen LogP contribution in [-0.4, -0.2) is 36.4 Å². The van der Waals surface area contributed by atoms with Gasteiger partial charge < -0.3 is 18.9 Å². The largest absolute Gasteiger partial charge is 0.370 e. The van der Waals surface area contributed by atoms with E-state index in [0.29, 0.717) is 13.2 Å². The quantitative estimate of drug-likeness (QED) is 0.242. The molecule has 0 aromatic heterocycles. The van der Waals surface area contributed by atoms with Crippen LogP contribution in [0.25, 0.3) is 10.4 Å². The lowest BCUT2D eigenvalue weighted by atomic mass is 9.97. The number of hydrogen-bond donors (Lipinski definition) is 0. The second kappa shape index (κ2) is 11.1. The minimum atomic E-state index is -0.588. The van der Waals surface area contributed by atoms with Crippen molar-refractivity contribution in [1.29, 1.82) is 0 Å². The highest BCUT2D eigenvalue weighted by Gasteiger charge is 2.50. The van der Waals surface area contributed by atoms with E-state index in [2.05, 4.69) is 10.0 Å². The van der Waals surface area contributed by atoms with Crippen LogP contribution in [0.3, 0.4) is 0 Å². The molecule has 0 bridgehead atoms. The van der Waals surface area contributed by atoms with Crippen molar-refractivity contribution in [2.45, 2.75) is 47.6 Å². The summed E-state index contributed by atoms with van der Waals surface area (Å²) in [4.78, 5) is 4.16. The van der Waals surface area contributed by atoms with Crippen LogP contribution in [0, 0.1) is 0 Å². The molecule has 0 aliphatic carbocycles. The van der Waals surface area contributed by atoms with Crippen LogP contribution in [0.1, 0.15) is 17.4 Å². The molecule has 8 heteroatoms. The number of thioether (sulfide) groups is 1. The molecular formula is C26H25N3O4S. The molecule has 2 fully saturated rings. The standard InChI is InChI=1S/C26H25N3O4S/c27-29-28-22-24(30-16-18-10-4-1-5-11-18)23-21(32-26(22)34-20-14-8-3-9-15-20)17-31-25(33-23)19-12-6-2-7-13-19/h1-15,21-26H,16-17H2/t21?,22?,23-,24+,25?,26-/m0/s1. The van der Waals surface area contributed by atoms with Crippen LogP contribution in [0.2, 0.25) is 0 Å². The van der Waals surface area contributed by atoms with Gasteiger partial charge in [0.05, 0.1) is 19.3 Å². The summed E-state index contributed by atoms with van der Waals surface area (Å²) in [7, 11) is 0. The molecule has 5 rings (SSSR count). The second-order valence-electron chi connectivity index (χ2n) is 8.11. The van der Waals surface area contributed by atoms with Crippen molar-refractivity contribution >= 4 is 11.8 Å². The van der Waals surface area contributed by atoms with E-state index in [4.69, 9.17) is 18.9 Å². The molecule has 0 amide bonds. The zero-order chi connectivity index (χ0) is 23.2. The van der Waals surface area contributed by atoms with Gasteiger partial charge in [0.2, 0.25) is 0 Å². The molecule has 2 aliphatic rings. The van der Waals surface area contributed by atoms with Gasteiger partial charge in [0.1, 0.15) is 23.7 Å². The Labute approximate surface area is 202 Å². The van der Waals surface area contributed by atoms with E-state index in [1.807, 2.05) is 91.0 Å². The van der Waals surface area contributed by atoms with E-state index in [-0.39, 0.29) is 6.10 Å². The van der Waals surface area contributed by atoms with Crippen LogP contribution < -0.4 is 0 Å². The van der Waals surface area contributed by atoms with Crippen LogP contribution in [0.4, 0.5) is 0 Å². The van der Waals surface area contributed by atoms with Crippen molar-refractivity contribution in [2.75, 3.05) is 6.61 Å². The predicted octanol–water partition coefficient (Wildman–Crippen LogP) is 5.88. The highest BCUT2D eigenvalue weighted by Crippen LogP contribution is 2.41. The maximum atomic E-state index is 9.40. The summed E-state index contributed by atoms with van der Waals surface area (Å²) < 4.78 is 25.2. The zero-order valence-corrected chi connectivity index (χ0v) is 19.2. The number of benzene rings is 3. The van der Waals surface area contributed by atoms with E-state index >= 15 is 0 Å². The third kappa shape index (κ3) is 5.28. The minimum absolute atomic E-state index is 0.351. The molecule has 174 valence electrons. The van der Waals surface area contributed by atoms with Gasteiger partial charge in [-0.25, -0.2) is 0 Å².